The molecule has 0 heterocycles. The predicted molar refractivity (Wildman–Crippen MR) is 67.3 cm³/mol. The average Bonchev–Trinajstić information content (AvgIpc) is 2.41. The quantitative estimate of drug-likeness (QED) is 0.428. The summed E-state index contributed by atoms with van der Waals surface area (Å²) in [5.74, 6) is 0. The number of hydrogen-bond donors (Lipinski definition) is 0. The molecule has 0 amide bonds. The highest BCUT2D eigenvalue weighted by molar-refractivity contribution is 5.14. The van der Waals surface area contributed by atoms with Gasteiger partial charge in [0.2, 0.25) is 0 Å². The molecule has 0 radical (unpaired) electrons. The van der Waals surface area contributed by atoms with Crippen molar-refractivity contribution < 1.29 is 9.78 Å². The van der Waals surface area contributed by atoms with Gasteiger partial charge in [0.25, 0.3) is 0 Å². The van der Waals surface area contributed by atoms with E-state index in [0.717, 1.165) is 12.0 Å². The molecule has 2 rings (SSSR count). The molecule has 2 heteroatoms. The third kappa shape index (κ3) is 4.39. The van der Waals surface area contributed by atoms with Crippen LogP contribution in [0.4, 0.5) is 0 Å². The van der Waals surface area contributed by atoms with Crippen LogP contribution < -0.4 is 0 Å². The van der Waals surface area contributed by atoms with Gasteiger partial charge >= 0.3 is 0 Å². The molecular formula is C15H16O2. The molecule has 0 saturated heterocycles. The van der Waals surface area contributed by atoms with Gasteiger partial charge in [-0.15, -0.1) is 0 Å². The van der Waals surface area contributed by atoms with E-state index in [9.17, 15) is 0 Å². The Bertz CT molecular complexity index is 370. The summed E-state index contributed by atoms with van der Waals surface area (Å²) in [6, 6.07) is 20.2. The summed E-state index contributed by atoms with van der Waals surface area (Å²) in [6.45, 7) is 1.08. The Kier molecular flexibility index (Phi) is 4.76. The largest absolute Gasteiger partial charge is 0.236 e. The Hall–Kier alpha value is -1.64. The maximum atomic E-state index is 5.14. The number of hydrogen-bond acceptors (Lipinski definition) is 2. The highest BCUT2D eigenvalue weighted by atomic mass is 17.2. The molecule has 0 N–H and O–H groups in total. The van der Waals surface area contributed by atoms with Gasteiger partial charge in [0, 0.05) is 0 Å². The minimum atomic E-state index is 0.496. The number of rotatable bonds is 6. The molecule has 0 spiro atoms. The fourth-order valence-corrected chi connectivity index (χ4v) is 1.55. The molecule has 0 aliphatic heterocycles. The summed E-state index contributed by atoms with van der Waals surface area (Å²) in [7, 11) is 0. The Morgan fingerprint density at radius 2 is 1.24 bits per heavy atom. The van der Waals surface area contributed by atoms with E-state index in [4.69, 9.17) is 9.78 Å². The summed E-state index contributed by atoms with van der Waals surface area (Å²) in [4.78, 5) is 10.3. The molecule has 0 aliphatic carbocycles. The molecule has 0 aliphatic rings. The normalized spacial score (nSPS) is 10.4. The van der Waals surface area contributed by atoms with Crippen LogP contribution in [0.25, 0.3) is 0 Å². The molecule has 0 bridgehead atoms. The lowest BCUT2D eigenvalue weighted by molar-refractivity contribution is -0.303. The first-order chi connectivity index (χ1) is 8.45. The summed E-state index contributed by atoms with van der Waals surface area (Å²) in [6.07, 6.45) is 0.871. The molecule has 2 nitrogen and oxygen atoms in total. The predicted octanol–water partition coefficient (Wildman–Crippen LogP) is 3.38. The van der Waals surface area contributed by atoms with Crippen LogP contribution in [0, 0.1) is 0 Å². The fourth-order valence-electron chi connectivity index (χ4n) is 1.55. The van der Waals surface area contributed by atoms with Gasteiger partial charge in [0.05, 0.1) is 6.61 Å². The molecule has 0 unspecified atom stereocenters. The van der Waals surface area contributed by atoms with Crippen molar-refractivity contribution >= 4 is 0 Å². The van der Waals surface area contributed by atoms with Crippen molar-refractivity contribution in [3.05, 3.63) is 71.8 Å². The molecule has 0 saturated carbocycles. The van der Waals surface area contributed by atoms with Crippen molar-refractivity contribution in [2.24, 2.45) is 0 Å². The zero-order valence-electron chi connectivity index (χ0n) is 9.71. The standard InChI is InChI=1S/C15H16O2/c1-3-7-14(8-4-1)11-12-16-17-13-15-9-5-2-6-10-15/h1-10H,11-13H2. The Morgan fingerprint density at radius 3 is 1.88 bits per heavy atom. The van der Waals surface area contributed by atoms with Gasteiger partial charge in [-0.2, -0.15) is 0 Å². The molecule has 88 valence electrons. The first-order valence-electron chi connectivity index (χ1n) is 5.77. The molecule has 17 heavy (non-hydrogen) atoms. The van der Waals surface area contributed by atoms with Crippen LogP contribution in [0.1, 0.15) is 11.1 Å². The Morgan fingerprint density at radius 1 is 0.647 bits per heavy atom. The highest BCUT2D eigenvalue weighted by Gasteiger charge is 1.94. The summed E-state index contributed by atoms with van der Waals surface area (Å²) in [5.41, 5.74) is 2.38. The molecule has 2 aromatic carbocycles. The van der Waals surface area contributed by atoms with E-state index in [2.05, 4.69) is 12.1 Å². The van der Waals surface area contributed by atoms with Crippen molar-refractivity contribution in [3.63, 3.8) is 0 Å². The second-order valence-corrected chi connectivity index (χ2v) is 3.81. The SMILES string of the molecule is c1ccc(CCOOCc2ccccc2)cc1. The van der Waals surface area contributed by atoms with Gasteiger partial charge in [-0.05, 0) is 17.5 Å². The average molecular weight is 228 g/mol. The van der Waals surface area contributed by atoms with Crippen LogP contribution in [0.3, 0.4) is 0 Å². The third-order valence-corrected chi connectivity index (χ3v) is 2.47. The zero-order chi connectivity index (χ0) is 11.8. The highest BCUT2D eigenvalue weighted by Crippen LogP contribution is 2.02. The summed E-state index contributed by atoms with van der Waals surface area (Å²) in [5, 5.41) is 0. The number of benzene rings is 2. The Balaban J connectivity index is 1.61. The van der Waals surface area contributed by atoms with Gasteiger partial charge in [0.1, 0.15) is 6.61 Å². The van der Waals surface area contributed by atoms with Crippen LogP contribution in [0.15, 0.2) is 60.7 Å². The first kappa shape index (κ1) is 11.8. The van der Waals surface area contributed by atoms with Gasteiger partial charge in [-0.1, -0.05) is 60.7 Å². The van der Waals surface area contributed by atoms with Crippen LogP contribution in [0.5, 0.6) is 0 Å². The molecule has 0 atom stereocenters. The Labute approximate surface area is 102 Å². The van der Waals surface area contributed by atoms with Crippen LogP contribution in [-0.2, 0) is 22.8 Å². The lowest BCUT2D eigenvalue weighted by Gasteiger charge is -2.04. The topological polar surface area (TPSA) is 18.5 Å². The second kappa shape index (κ2) is 6.84. The summed E-state index contributed by atoms with van der Waals surface area (Å²) < 4.78 is 0. The van der Waals surface area contributed by atoms with Crippen molar-refractivity contribution in [2.75, 3.05) is 6.61 Å². The van der Waals surface area contributed by atoms with Crippen molar-refractivity contribution in [1.29, 1.82) is 0 Å². The van der Waals surface area contributed by atoms with E-state index in [0.29, 0.717) is 13.2 Å². The van der Waals surface area contributed by atoms with Crippen LogP contribution in [0.2, 0.25) is 0 Å². The minimum absolute atomic E-state index is 0.496. The first-order valence-corrected chi connectivity index (χ1v) is 5.77. The van der Waals surface area contributed by atoms with Gasteiger partial charge < -0.3 is 0 Å². The van der Waals surface area contributed by atoms with E-state index >= 15 is 0 Å². The molecule has 0 fully saturated rings. The molecule has 2 aromatic rings. The van der Waals surface area contributed by atoms with Gasteiger partial charge in [0.15, 0.2) is 0 Å². The van der Waals surface area contributed by atoms with Crippen molar-refractivity contribution in [1.82, 2.24) is 0 Å². The second-order valence-electron chi connectivity index (χ2n) is 3.81. The lowest BCUT2D eigenvalue weighted by Crippen LogP contribution is -2.00. The van der Waals surface area contributed by atoms with Gasteiger partial charge in [-0.3, -0.25) is 0 Å². The van der Waals surface area contributed by atoms with Crippen LogP contribution in [-0.4, -0.2) is 6.61 Å². The lowest BCUT2D eigenvalue weighted by atomic mass is 10.2. The third-order valence-electron chi connectivity index (χ3n) is 2.47. The molecular weight excluding hydrogens is 212 g/mol. The van der Waals surface area contributed by atoms with Gasteiger partial charge in [-0.25, -0.2) is 9.78 Å². The smallest absolute Gasteiger partial charge is 0.107 e. The van der Waals surface area contributed by atoms with Crippen LogP contribution >= 0.6 is 0 Å². The zero-order valence-corrected chi connectivity index (χ0v) is 9.71. The van der Waals surface area contributed by atoms with E-state index in [1.54, 1.807) is 0 Å². The van der Waals surface area contributed by atoms with E-state index < -0.39 is 0 Å². The molecule has 0 aromatic heterocycles. The van der Waals surface area contributed by atoms with Crippen molar-refractivity contribution in [3.8, 4) is 0 Å². The summed E-state index contributed by atoms with van der Waals surface area (Å²) >= 11 is 0. The fraction of sp³-hybridized carbons (Fsp3) is 0.200. The monoisotopic (exact) mass is 228 g/mol. The maximum Gasteiger partial charge on any atom is 0.107 e. The van der Waals surface area contributed by atoms with Crippen molar-refractivity contribution in [2.45, 2.75) is 13.0 Å². The van der Waals surface area contributed by atoms with E-state index in [-0.39, 0.29) is 0 Å². The maximum absolute atomic E-state index is 5.14. The van der Waals surface area contributed by atoms with E-state index in [1.165, 1.54) is 5.56 Å². The van der Waals surface area contributed by atoms with E-state index in [1.807, 2.05) is 48.5 Å². The minimum Gasteiger partial charge on any atom is -0.236 e.